The fourth-order valence-corrected chi connectivity index (χ4v) is 1.99. The Bertz CT molecular complexity index is 235. The summed E-state index contributed by atoms with van der Waals surface area (Å²) in [6.07, 6.45) is 3.92. The van der Waals surface area contributed by atoms with Gasteiger partial charge in [0, 0.05) is 19.0 Å². The molecule has 4 nitrogen and oxygen atoms in total. The largest absolute Gasteiger partial charge is 0.481 e. The molecule has 1 saturated heterocycles. The second-order valence-electron chi connectivity index (χ2n) is 3.67. The zero-order valence-electron chi connectivity index (χ0n) is 8.28. The third kappa shape index (κ3) is 3.35. The van der Waals surface area contributed by atoms with Crippen molar-refractivity contribution >= 4 is 5.97 Å². The first kappa shape index (κ1) is 11.0. The molecule has 78 valence electrons. The summed E-state index contributed by atoms with van der Waals surface area (Å²) >= 11 is 0. The average Bonchev–Trinajstić information content (AvgIpc) is 2.58. The summed E-state index contributed by atoms with van der Waals surface area (Å²) in [6, 6.07) is 2.58. The Morgan fingerprint density at radius 3 is 3.07 bits per heavy atom. The highest BCUT2D eigenvalue weighted by Gasteiger charge is 2.23. The summed E-state index contributed by atoms with van der Waals surface area (Å²) in [5, 5.41) is 17.0. The molecule has 1 aliphatic rings. The van der Waals surface area contributed by atoms with Gasteiger partial charge in [-0.2, -0.15) is 5.26 Å². The van der Waals surface area contributed by atoms with Gasteiger partial charge in [-0.25, -0.2) is 0 Å². The van der Waals surface area contributed by atoms with Crippen molar-refractivity contribution in [1.29, 1.82) is 5.26 Å². The van der Waals surface area contributed by atoms with Crippen LogP contribution in [0.3, 0.4) is 0 Å². The molecule has 0 aromatic carbocycles. The van der Waals surface area contributed by atoms with Crippen LogP contribution in [0.25, 0.3) is 0 Å². The Hall–Kier alpha value is -1.08. The Kier molecular flexibility index (Phi) is 4.41. The normalized spacial score (nSPS) is 22.1. The maximum atomic E-state index is 10.4. The number of nitriles is 1. The van der Waals surface area contributed by atoms with Gasteiger partial charge in [0.05, 0.1) is 12.5 Å². The van der Waals surface area contributed by atoms with Crippen LogP contribution in [0.4, 0.5) is 0 Å². The molecule has 1 heterocycles. The van der Waals surface area contributed by atoms with Crippen molar-refractivity contribution in [2.24, 2.45) is 0 Å². The van der Waals surface area contributed by atoms with Gasteiger partial charge >= 0.3 is 5.97 Å². The van der Waals surface area contributed by atoms with Crippen molar-refractivity contribution in [2.45, 2.75) is 38.1 Å². The number of aliphatic carboxylic acids is 1. The number of likely N-dealkylation sites (tertiary alicyclic amines) is 1. The first-order valence-electron chi connectivity index (χ1n) is 5.07. The molecule has 1 atom stereocenters. The van der Waals surface area contributed by atoms with Crippen LogP contribution in [0.1, 0.15) is 32.1 Å². The van der Waals surface area contributed by atoms with Crippen LogP contribution in [0.5, 0.6) is 0 Å². The maximum Gasteiger partial charge on any atom is 0.304 e. The number of hydrogen-bond acceptors (Lipinski definition) is 3. The second-order valence-corrected chi connectivity index (χ2v) is 3.67. The van der Waals surface area contributed by atoms with Crippen LogP contribution in [0, 0.1) is 11.3 Å². The van der Waals surface area contributed by atoms with Crippen LogP contribution >= 0.6 is 0 Å². The van der Waals surface area contributed by atoms with Gasteiger partial charge in [-0.05, 0) is 25.8 Å². The predicted molar refractivity (Wildman–Crippen MR) is 51.7 cm³/mol. The first-order valence-corrected chi connectivity index (χ1v) is 5.07. The van der Waals surface area contributed by atoms with Crippen LogP contribution in [-0.2, 0) is 4.79 Å². The van der Waals surface area contributed by atoms with E-state index in [4.69, 9.17) is 10.4 Å². The Labute approximate surface area is 84.1 Å². The van der Waals surface area contributed by atoms with Crippen molar-refractivity contribution in [3.05, 3.63) is 0 Å². The van der Waals surface area contributed by atoms with Gasteiger partial charge in [-0.1, -0.05) is 0 Å². The summed E-state index contributed by atoms with van der Waals surface area (Å²) < 4.78 is 0. The van der Waals surface area contributed by atoms with Gasteiger partial charge in [0.15, 0.2) is 0 Å². The topological polar surface area (TPSA) is 64.3 Å². The van der Waals surface area contributed by atoms with Gasteiger partial charge in [0.2, 0.25) is 0 Å². The van der Waals surface area contributed by atoms with Crippen LogP contribution in [0.15, 0.2) is 0 Å². The lowest BCUT2D eigenvalue weighted by molar-refractivity contribution is -0.137. The maximum absolute atomic E-state index is 10.4. The van der Waals surface area contributed by atoms with E-state index in [1.807, 2.05) is 0 Å². The van der Waals surface area contributed by atoms with Crippen LogP contribution in [0.2, 0.25) is 0 Å². The average molecular weight is 196 g/mol. The van der Waals surface area contributed by atoms with Crippen molar-refractivity contribution in [2.75, 3.05) is 13.1 Å². The lowest BCUT2D eigenvalue weighted by Gasteiger charge is -2.22. The third-order valence-corrected chi connectivity index (χ3v) is 2.70. The van der Waals surface area contributed by atoms with Gasteiger partial charge in [0.25, 0.3) is 0 Å². The SMILES string of the molecule is N#CCCC1CCCN1CCC(=O)O. The number of hydrogen-bond donors (Lipinski definition) is 1. The molecule has 1 fully saturated rings. The molecule has 0 aliphatic carbocycles. The fraction of sp³-hybridized carbons (Fsp3) is 0.800. The molecule has 1 N–H and O–H groups in total. The highest BCUT2D eigenvalue weighted by molar-refractivity contribution is 5.66. The van der Waals surface area contributed by atoms with E-state index < -0.39 is 5.97 Å². The van der Waals surface area contributed by atoms with E-state index in [0.29, 0.717) is 19.0 Å². The Morgan fingerprint density at radius 2 is 2.43 bits per heavy atom. The summed E-state index contributed by atoms with van der Waals surface area (Å²) in [4.78, 5) is 12.6. The van der Waals surface area contributed by atoms with Crippen LogP contribution < -0.4 is 0 Å². The lowest BCUT2D eigenvalue weighted by Crippen LogP contribution is -2.31. The van der Waals surface area contributed by atoms with Gasteiger partial charge in [-0.15, -0.1) is 0 Å². The number of carbonyl (C=O) groups is 1. The molecule has 0 spiro atoms. The molecule has 0 aromatic heterocycles. The molecule has 14 heavy (non-hydrogen) atoms. The summed E-state index contributed by atoms with van der Waals surface area (Å²) in [6.45, 7) is 1.62. The van der Waals surface area contributed by atoms with E-state index in [1.54, 1.807) is 0 Å². The molecule has 4 heteroatoms. The van der Waals surface area contributed by atoms with Crippen molar-refractivity contribution in [1.82, 2.24) is 4.90 Å². The fourth-order valence-electron chi connectivity index (χ4n) is 1.99. The quantitative estimate of drug-likeness (QED) is 0.718. The van der Waals surface area contributed by atoms with Crippen molar-refractivity contribution < 1.29 is 9.90 Å². The number of rotatable bonds is 5. The molecular formula is C10H16N2O2. The standard InChI is InChI=1S/C10H16N2O2/c11-6-1-3-9-4-2-7-12(9)8-5-10(13)14/h9H,1-5,7-8H2,(H,13,14). The number of nitrogens with zero attached hydrogens (tertiary/aromatic N) is 2. The highest BCUT2D eigenvalue weighted by atomic mass is 16.4. The molecule has 0 aromatic rings. The van der Waals surface area contributed by atoms with Crippen molar-refractivity contribution in [3.8, 4) is 6.07 Å². The van der Waals surface area contributed by atoms with E-state index in [-0.39, 0.29) is 6.42 Å². The Morgan fingerprint density at radius 1 is 1.64 bits per heavy atom. The lowest BCUT2D eigenvalue weighted by atomic mass is 10.1. The summed E-state index contributed by atoms with van der Waals surface area (Å²) in [7, 11) is 0. The molecule has 0 bridgehead atoms. The molecule has 1 aliphatic heterocycles. The number of carboxylic acid groups (broad SMARTS) is 1. The minimum atomic E-state index is -0.740. The zero-order chi connectivity index (χ0) is 10.4. The van der Waals surface area contributed by atoms with Crippen LogP contribution in [-0.4, -0.2) is 35.1 Å². The minimum absolute atomic E-state index is 0.211. The van der Waals surface area contributed by atoms with E-state index in [9.17, 15) is 4.79 Å². The molecule has 0 radical (unpaired) electrons. The van der Waals surface area contributed by atoms with Gasteiger partial charge < -0.3 is 5.11 Å². The first-order chi connectivity index (χ1) is 6.74. The second kappa shape index (κ2) is 5.61. The summed E-state index contributed by atoms with van der Waals surface area (Å²) in [5.74, 6) is -0.740. The number of carboxylic acids is 1. The van der Waals surface area contributed by atoms with E-state index in [2.05, 4.69) is 11.0 Å². The smallest absolute Gasteiger partial charge is 0.304 e. The molecule has 0 saturated carbocycles. The Balaban J connectivity index is 2.28. The van der Waals surface area contributed by atoms with E-state index >= 15 is 0 Å². The van der Waals surface area contributed by atoms with E-state index in [0.717, 1.165) is 25.8 Å². The monoisotopic (exact) mass is 196 g/mol. The molecular weight excluding hydrogens is 180 g/mol. The molecule has 1 unspecified atom stereocenters. The van der Waals surface area contributed by atoms with Gasteiger partial charge in [0.1, 0.15) is 0 Å². The highest BCUT2D eigenvalue weighted by Crippen LogP contribution is 2.20. The predicted octanol–water partition coefficient (Wildman–Crippen LogP) is 1.23. The summed E-state index contributed by atoms with van der Waals surface area (Å²) in [5.41, 5.74) is 0. The third-order valence-electron chi connectivity index (χ3n) is 2.70. The minimum Gasteiger partial charge on any atom is -0.481 e. The molecule has 0 amide bonds. The zero-order valence-corrected chi connectivity index (χ0v) is 8.28. The van der Waals surface area contributed by atoms with E-state index in [1.165, 1.54) is 0 Å². The van der Waals surface area contributed by atoms with Gasteiger partial charge in [-0.3, -0.25) is 9.69 Å². The van der Waals surface area contributed by atoms with Crippen molar-refractivity contribution in [3.63, 3.8) is 0 Å². The molecule has 1 rings (SSSR count).